The molecule has 7 heteroatoms. The molecule has 0 unspecified atom stereocenters. The first-order chi connectivity index (χ1) is 10.0. The second-order valence-electron chi connectivity index (χ2n) is 4.38. The first kappa shape index (κ1) is 14.4. The summed E-state index contributed by atoms with van der Waals surface area (Å²) in [5.41, 5.74) is 2.10. The molecule has 0 spiro atoms. The zero-order valence-corrected chi connectivity index (χ0v) is 11.3. The molecule has 2 rings (SSSR count). The quantitative estimate of drug-likeness (QED) is 0.795. The molecule has 2 amide bonds. The maximum absolute atomic E-state index is 11.7. The van der Waals surface area contributed by atoms with Crippen molar-refractivity contribution in [1.82, 2.24) is 15.3 Å². The molecule has 0 aliphatic carbocycles. The van der Waals surface area contributed by atoms with Crippen LogP contribution in [0.15, 0.2) is 36.8 Å². The third-order valence-corrected chi connectivity index (χ3v) is 2.67. The number of nitrogens with one attached hydrogen (secondary N) is 2. The van der Waals surface area contributed by atoms with E-state index in [0.717, 1.165) is 11.3 Å². The van der Waals surface area contributed by atoms with Gasteiger partial charge in [0.15, 0.2) is 0 Å². The monoisotopic (exact) mass is 286 g/mol. The first-order valence-corrected chi connectivity index (χ1v) is 6.19. The predicted molar refractivity (Wildman–Crippen MR) is 76.0 cm³/mol. The zero-order chi connectivity index (χ0) is 15.2. The van der Waals surface area contributed by atoms with Crippen LogP contribution in [-0.4, -0.2) is 27.1 Å². The Balaban J connectivity index is 1.91. The standard InChI is InChI=1S/C14H14N4O3/c1-9-2-3-10(5-16-9)6-17-14(21)18-12-4-11(13(19)20)7-15-8-12/h2-5,7-8H,6H2,1H3,(H,19,20)(H2,17,18,21). The summed E-state index contributed by atoms with van der Waals surface area (Å²) >= 11 is 0. The second-order valence-corrected chi connectivity index (χ2v) is 4.38. The molecule has 0 bridgehead atoms. The lowest BCUT2D eigenvalue weighted by Crippen LogP contribution is -2.28. The third-order valence-electron chi connectivity index (χ3n) is 2.67. The van der Waals surface area contributed by atoms with Crippen LogP contribution in [0.5, 0.6) is 0 Å². The van der Waals surface area contributed by atoms with E-state index in [0.29, 0.717) is 12.2 Å². The van der Waals surface area contributed by atoms with E-state index in [1.807, 2.05) is 19.1 Å². The van der Waals surface area contributed by atoms with E-state index in [1.54, 1.807) is 6.20 Å². The fraction of sp³-hybridized carbons (Fsp3) is 0.143. The van der Waals surface area contributed by atoms with Crippen molar-refractivity contribution in [3.63, 3.8) is 0 Å². The topological polar surface area (TPSA) is 104 Å². The van der Waals surface area contributed by atoms with Gasteiger partial charge in [0.25, 0.3) is 0 Å². The number of anilines is 1. The van der Waals surface area contributed by atoms with Crippen LogP contribution in [0.4, 0.5) is 10.5 Å². The molecule has 0 aromatic carbocycles. The summed E-state index contributed by atoms with van der Waals surface area (Å²) in [5.74, 6) is -1.10. The minimum Gasteiger partial charge on any atom is -0.478 e. The highest BCUT2D eigenvalue weighted by Crippen LogP contribution is 2.08. The number of pyridine rings is 2. The number of hydrogen-bond donors (Lipinski definition) is 3. The molecule has 0 atom stereocenters. The number of nitrogens with zero attached hydrogens (tertiary/aromatic N) is 2. The van der Waals surface area contributed by atoms with Crippen molar-refractivity contribution in [2.75, 3.05) is 5.32 Å². The summed E-state index contributed by atoms with van der Waals surface area (Å²) < 4.78 is 0. The molecule has 0 radical (unpaired) electrons. The average Bonchev–Trinajstić information content (AvgIpc) is 2.47. The van der Waals surface area contributed by atoms with Crippen molar-refractivity contribution in [3.8, 4) is 0 Å². The van der Waals surface area contributed by atoms with Gasteiger partial charge in [0.1, 0.15) is 0 Å². The van der Waals surface area contributed by atoms with Gasteiger partial charge in [0.2, 0.25) is 0 Å². The lowest BCUT2D eigenvalue weighted by molar-refractivity contribution is 0.0696. The highest BCUT2D eigenvalue weighted by Gasteiger charge is 2.06. The van der Waals surface area contributed by atoms with Gasteiger partial charge in [-0.05, 0) is 24.6 Å². The van der Waals surface area contributed by atoms with Crippen LogP contribution in [0, 0.1) is 6.92 Å². The van der Waals surface area contributed by atoms with Crippen molar-refractivity contribution in [3.05, 3.63) is 53.6 Å². The number of aromatic carboxylic acids is 1. The van der Waals surface area contributed by atoms with Crippen molar-refractivity contribution < 1.29 is 14.7 Å². The van der Waals surface area contributed by atoms with Gasteiger partial charge in [0.05, 0.1) is 17.4 Å². The largest absolute Gasteiger partial charge is 0.478 e. The Morgan fingerprint density at radius 2 is 2.05 bits per heavy atom. The van der Waals surface area contributed by atoms with E-state index in [-0.39, 0.29) is 5.56 Å². The van der Waals surface area contributed by atoms with Gasteiger partial charge in [0, 0.05) is 24.6 Å². The summed E-state index contributed by atoms with van der Waals surface area (Å²) in [6, 6.07) is 4.62. The molecule has 0 aliphatic heterocycles. The van der Waals surface area contributed by atoms with Crippen molar-refractivity contribution in [2.45, 2.75) is 13.5 Å². The normalized spacial score (nSPS) is 9.95. The minimum atomic E-state index is -1.10. The van der Waals surface area contributed by atoms with Crippen LogP contribution in [0.25, 0.3) is 0 Å². The number of carboxylic acid groups (broad SMARTS) is 1. The molecule has 3 N–H and O–H groups in total. The van der Waals surface area contributed by atoms with Gasteiger partial charge >= 0.3 is 12.0 Å². The van der Waals surface area contributed by atoms with Gasteiger partial charge < -0.3 is 15.7 Å². The fourth-order valence-corrected chi connectivity index (χ4v) is 1.59. The maximum atomic E-state index is 11.7. The lowest BCUT2D eigenvalue weighted by Gasteiger charge is -2.08. The Kier molecular flexibility index (Phi) is 4.45. The maximum Gasteiger partial charge on any atom is 0.337 e. The first-order valence-electron chi connectivity index (χ1n) is 6.19. The molecule has 7 nitrogen and oxygen atoms in total. The van der Waals surface area contributed by atoms with Crippen LogP contribution < -0.4 is 10.6 Å². The highest BCUT2D eigenvalue weighted by atomic mass is 16.4. The smallest absolute Gasteiger partial charge is 0.337 e. The molecule has 21 heavy (non-hydrogen) atoms. The van der Waals surface area contributed by atoms with E-state index >= 15 is 0 Å². The van der Waals surface area contributed by atoms with Crippen LogP contribution in [0.2, 0.25) is 0 Å². The molecular weight excluding hydrogens is 272 g/mol. The predicted octanol–water partition coefficient (Wildman–Crippen LogP) is 1.80. The van der Waals surface area contributed by atoms with Crippen LogP contribution in [0.1, 0.15) is 21.6 Å². The van der Waals surface area contributed by atoms with Crippen molar-refractivity contribution in [1.29, 1.82) is 0 Å². The SMILES string of the molecule is Cc1ccc(CNC(=O)Nc2cncc(C(=O)O)c2)cn1. The molecule has 2 heterocycles. The Bertz CT molecular complexity index is 656. The number of carboxylic acids is 1. The number of urea groups is 1. The third kappa shape index (κ3) is 4.27. The Labute approximate surface area is 121 Å². The summed E-state index contributed by atoms with van der Waals surface area (Å²) in [6.45, 7) is 2.21. The molecule has 2 aromatic rings. The van der Waals surface area contributed by atoms with E-state index in [2.05, 4.69) is 20.6 Å². The van der Waals surface area contributed by atoms with Crippen LogP contribution in [-0.2, 0) is 6.54 Å². The van der Waals surface area contributed by atoms with Crippen LogP contribution in [0.3, 0.4) is 0 Å². The summed E-state index contributed by atoms with van der Waals surface area (Å²) in [5, 5.41) is 14.0. The van der Waals surface area contributed by atoms with Gasteiger partial charge in [-0.2, -0.15) is 0 Å². The second kappa shape index (κ2) is 6.47. The number of aryl methyl sites for hydroxylation is 1. The highest BCUT2D eigenvalue weighted by molar-refractivity contribution is 5.92. The molecular formula is C14H14N4O3. The van der Waals surface area contributed by atoms with Crippen LogP contribution >= 0.6 is 0 Å². The molecule has 0 saturated carbocycles. The number of carbonyl (C=O) groups excluding carboxylic acids is 1. The zero-order valence-electron chi connectivity index (χ0n) is 11.3. The fourth-order valence-electron chi connectivity index (χ4n) is 1.59. The average molecular weight is 286 g/mol. The molecule has 108 valence electrons. The Morgan fingerprint density at radius 1 is 1.24 bits per heavy atom. The van der Waals surface area contributed by atoms with E-state index in [4.69, 9.17) is 5.11 Å². The summed E-state index contributed by atoms with van der Waals surface area (Å²) in [6.07, 6.45) is 4.27. The van der Waals surface area contributed by atoms with Gasteiger partial charge in [-0.25, -0.2) is 9.59 Å². The Hall–Kier alpha value is -2.96. The minimum absolute atomic E-state index is 0.00975. The van der Waals surface area contributed by atoms with Crippen molar-refractivity contribution in [2.24, 2.45) is 0 Å². The van der Waals surface area contributed by atoms with E-state index in [1.165, 1.54) is 18.5 Å². The van der Waals surface area contributed by atoms with E-state index < -0.39 is 12.0 Å². The summed E-state index contributed by atoms with van der Waals surface area (Å²) in [4.78, 5) is 30.4. The number of amides is 2. The van der Waals surface area contributed by atoms with Crippen molar-refractivity contribution >= 4 is 17.7 Å². The Morgan fingerprint density at radius 3 is 2.71 bits per heavy atom. The van der Waals surface area contributed by atoms with Gasteiger partial charge in [-0.15, -0.1) is 0 Å². The van der Waals surface area contributed by atoms with Gasteiger partial charge in [-0.3, -0.25) is 9.97 Å². The van der Waals surface area contributed by atoms with E-state index in [9.17, 15) is 9.59 Å². The molecule has 0 saturated heterocycles. The summed E-state index contributed by atoms with van der Waals surface area (Å²) in [7, 11) is 0. The number of carbonyl (C=O) groups is 2. The number of aromatic nitrogens is 2. The molecule has 0 fully saturated rings. The molecule has 0 aliphatic rings. The molecule has 2 aromatic heterocycles. The van der Waals surface area contributed by atoms with Gasteiger partial charge in [-0.1, -0.05) is 6.07 Å². The lowest BCUT2D eigenvalue weighted by atomic mass is 10.2. The number of hydrogen-bond acceptors (Lipinski definition) is 4. The number of rotatable bonds is 4.